The number of hydrogen-bond acceptors (Lipinski definition) is 4. The predicted octanol–water partition coefficient (Wildman–Crippen LogP) is 4.53. The van der Waals surface area contributed by atoms with Crippen molar-refractivity contribution >= 4 is 34.6 Å². The van der Waals surface area contributed by atoms with Crippen molar-refractivity contribution in [3.05, 3.63) is 77.9 Å². The molecule has 1 aliphatic heterocycles. The third-order valence-electron chi connectivity index (χ3n) is 5.81. The van der Waals surface area contributed by atoms with Crippen LogP contribution in [-0.2, 0) is 9.53 Å². The summed E-state index contributed by atoms with van der Waals surface area (Å²) in [6.45, 7) is 6.31. The molecule has 4 rings (SSSR count). The molecule has 1 fully saturated rings. The molecule has 33 heavy (non-hydrogen) atoms. The Labute approximate surface area is 199 Å². The molecule has 0 aliphatic carbocycles. The Balaban J connectivity index is 1.72. The second kappa shape index (κ2) is 9.72. The summed E-state index contributed by atoms with van der Waals surface area (Å²) in [7, 11) is 1.50. The SMILES string of the molecule is COCC(=O)Nc1ccc(N2C(=S)N[C@H](c3ccccn3)[C@@H]2c2ccn(C(C)C)c2)cc1C. The first-order chi connectivity index (χ1) is 15.9. The number of nitrogens with one attached hydrogen (secondary N) is 2. The van der Waals surface area contributed by atoms with Gasteiger partial charge in [0.1, 0.15) is 6.61 Å². The lowest BCUT2D eigenvalue weighted by Gasteiger charge is -2.28. The summed E-state index contributed by atoms with van der Waals surface area (Å²) in [6, 6.07) is 14.2. The maximum Gasteiger partial charge on any atom is 0.250 e. The molecule has 2 aromatic heterocycles. The average molecular weight is 464 g/mol. The monoisotopic (exact) mass is 463 g/mol. The third kappa shape index (κ3) is 4.77. The molecule has 1 aliphatic rings. The van der Waals surface area contributed by atoms with Crippen LogP contribution >= 0.6 is 12.2 Å². The van der Waals surface area contributed by atoms with Crippen LogP contribution in [0, 0.1) is 6.92 Å². The van der Waals surface area contributed by atoms with Crippen molar-refractivity contribution in [1.29, 1.82) is 0 Å². The molecule has 3 aromatic rings. The van der Waals surface area contributed by atoms with Gasteiger partial charge in [-0.05, 0) is 80.5 Å². The molecule has 0 bridgehead atoms. The number of thiocarbonyl (C=S) groups is 1. The summed E-state index contributed by atoms with van der Waals surface area (Å²) in [5.74, 6) is -0.185. The number of aromatic nitrogens is 2. The van der Waals surface area contributed by atoms with Gasteiger partial charge in [-0.3, -0.25) is 9.78 Å². The number of carbonyl (C=O) groups is 1. The normalized spacial score (nSPS) is 18.0. The second-order valence-electron chi connectivity index (χ2n) is 8.46. The molecule has 1 amide bonds. The Kier molecular flexibility index (Phi) is 6.76. The van der Waals surface area contributed by atoms with Gasteiger partial charge in [0.15, 0.2) is 5.11 Å². The van der Waals surface area contributed by atoms with E-state index in [1.54, 1.807) is 6.20 Å². The van der Waals surface area contributed by atoms with Crippen molar-refractivity contribution in [2.45, 2.75) is 38.9 Å². The topological polar surface area (TPSA) is 71.4 Å². The van der Waals surface area contributed by atoms with Gasteiger partial charge in [-0.15, -0.1) is 0 Å². The van der Waals surface area contributed by atoms with E-state index in [4.69, 9.17) is 17.0 Å². The highest BCUT2D eigenvalue weighted by Crippen LogP contribution is 2.42. The first kappa shape index (κ1) is 22.9. The molecule has 2 N–H and O–H groups in total. The van der Waals surface area contributed by atoms with E-state index in [-0.39, 0.29) is 24.6 Å². The Morgan fingerprint density at radius 3 is 2.73 bits per heavy atom. The quantitative estimate of drug-likeness (QED) is 0.502. The largest absolute Gasteiger partial charge is 0.375 e. The molecule has 8 heteroatoms. The minimum Gasteiger partial charge on any atom is -0.375 e. The summed E-state index contributed by atoms with van der Waals surface area (Å²) < 4.78 is 7.12. The van der Waals surface area contributed by atoms with E-state index in [0.717, 1.165) is 28.2 Å². The van der Waals surface area contributed by atoms with Gasteiger partial charge in [0.25, 0.3) is 0 Å². The molecule has 0 radical (unpaired) electrons. The fourth-order valence-electron chi connectivity index (χ4n) is 4.15. The summed E-state index contributed by atoms with van der Waals surface area (Å²) in [4.78, 5) is 18.7. The summed E-state index contributed by atoms with van der Waals surface area (Å²) in [5, 5.41) is 7.02. The number of methoxy groups -OCH3 is 1. The summed E-state index contributed by atoms with van der Waals surface area (Å²) >= 11 is 5.81. The number of rotatable bonds is 7. The zero-order valence-corrected chi connectivity index (χ0v) is 20.1. The number of ether oxygens (including phenoxy) is 1. The van der Waals surface area contributed by atoms with E-state index in [1.165, 1.54) is 7.11 Å². The fourth-order valence-corrected chi connectivity index (χ4v) is 4.50. The van der Waals surface area contributed by atoms with Gasteiger partial charge in [-0.1, -0.05) is 6.07 Å². The molecular weight excluding hydrogens is 434 g/mol. The van der Waals surface area contributed by atoms with Gasteiger partial charge in [0.2, 0.25) is 5.91 Å². The van der Waals surface area contributed by atoms with Crippen LogP contribution in [0.5, 0.6) is 0 Å². The minimum atomic E-state index is -0.185. The maximum atomic E-state index is 12.0. The number of carbonyl (C=O) groups excluding carboxylic acids is 1. The van der Waals surface area contributed by atoms with Crippen molar-refractivity contribution in [3.8, 4) is 0 Å². The average Bonchev–Trinajstić information content (AvgIpc) is 3.41. The van der Waals surface area contributed by atoms with Crippen molar-refractivity contribution in [1.82, 2.24) is 14.9 Å². The highest BCUT2D eigenvalue weighted by molar-refractivity contribution is 7.80. The molecular formula is C25H29N5O2S. The van der Waals surface area contributed by atoms with E-state index in [9.17, 15) is 4.79 Å². The van der Waals surface area contributed by atoms with Crippen LogP contribution in [0.2, 0.25) is 0 Å². The lowest BCUT2D eigenvalue weighted by molar-refractivity contribution is -0.119. The van der Waals surface area contributed by atoms with Crippen molar-refractivity contribution in [3.63, 3.8) is 0 Å². The van der Waals surface area contributed by atoms with Gasteiger partial charge in [-0.25, -0.2) is 0 Å². The van der Waals surface area contributed by atoms with Gasteiger partial charge in [0, 0.05) is 43.1 Å². The van der Waals surface area contributed by atoms with Crippen LogP contribution in [0.4, 0.5) is 11.4 Å². The Hall–Kier alpha value is -3.23. The van der Waals surface area contributed by atoms with Crippen LogP contribution in [0.1, 0.15) is 48.8 Å². The van der Waals surface area contributed by atoms with Gasteiger partial charge >= 0.3 is 0 Å². The number of anilines is 2. The van der Waals surface area contributed by atoms with Crippen LogP contribution in [0.25, 0.3) is 0 Å². The smallest absolute Gasteiger partial charge is 0.250 e. The Bertz CT molecular complexity index is 1140. The molecule has 0 spiro atoms. The highest BCUT2D eigenvalue weighted by Gasteiger charge is 2.41. The van der Waals surface area contributed by atoms with Gasteiger partial charge in [0.05, 0.1) is 17.8 Å². The van der Waals surface area contributed by atoms with E-state index in [1.807, 2.05) is 43.3 Å². The van der Waals surface area contributed by atoms with E-state index >= 15 is 0 Å². The minimum absolute atomic E-state index is 0.0159. The fraction of sp³-hybridized carbons (Fsp3) is 0.320. The van der Waals surface area contributed by atoms with Crippen LogP contribution in [-0.4, -0.2) is 34.3 Å². The number of nitrogens with zero attached hydrogens (tertiary/aromatic N) is 3. The second-order valence-corrected chi connectivity index (χ2v) is 8.85. The number of hydrogen-bond donors (Lipinski definition) is 2. The molecule has 1 saturated heterocycles. The molecule has 172 valence electrons. The van der Waals surface area contributed by atoms with E-state index in [2.05, 4.69) is 57.4 Å². The Morgan fingerprint density at radius 1 is 1.27 bits per heavy atom. The molecule has 0 unspecified atom stereocenters. The van der Waals surface area contributed by atoms with E-state index < -0.39 is 0 Å². The summed E-state index contributed by atoms with van der Waals surface area (Å²) in [5.41, 5.74) is 4.74. The van der Waals surface area contributed by atoms with Crippen LogP contribution in [0.3, 0.4) is 0 Å². The third-order valence-corrected chi connectivity index (χ3v) is 6.13. The van der Waals surface area contributed by atoms with Gasteiger partial charge < -0.3 is 24.8 Å². The molecule has 1 aromatic carbocycles. The standard InChI is InChI=1S/C25H29N5O2S/c1-16(2)29-12-10-18(14-29)24-23(21-7-5-6-11-26-21)28-25(33)30(24)19-8-9-20(17(3)13-19)27-22(31)15-32-4/h5-14,16,23-24H,15H2,1-4H3,(H,27,31)(H,28,33)/t23-,24+/m1/s1. The lowest BCUT2D eigenvalue weighted by Crippen LogP contribution is -2.29. The number of benzene rings is 1. The number of aryl methyl sites for hydroxylation is 1. The zero-order valence-electron chi connectivity index (χ0n) is 19.3. The molecule has 2 atom stereocenters. The Morgan fingerprint density at radius 2 is 2.09 bits per heavy atom. The lowest BCUT2D eigenvalue weighted by atomic mass is 9.98. The van der Waals surface area contributed by atoms with Crippen LogP contribution in [0.15, 0.2) is 61.1 Å². The predicted molar refractivity (Wildman–Crippen MR) is 134 cm³/mol. The van der Waals surface area contributed by atoms with Crippen LogP contribution < -0.4 is 15.5 Å². The zero-order chi connectivity index (χ0) is 23.5. The van der Waals surface area contributed by atoms with Crippen molar-refractivity contribution in [2.24, 2.45) is 0 Å². The molecule has 0 saturated carbocycles. The highest BCUT2D eigenvalue weighted by atomic mass is 32.1. The van der Waals surface area contributed by atoms with Crippen molar-refractivity contribution in [2.75, 3.05) is 23.9 Å². The first-order valence-corrected chi connectivity index (χ1v) is 11.4. The molecule has 7 nitrogen and oxygen atoms in total. The first-order valence-electron chi connectivity index (χ1n) is 11.0. The number of pyridine rings is 1. The number of amides is 1. The van der Waals surface area contributed by atoms with E-state index in [0.29, 0.717) is 11.2 Å². The molecule has 3 heterocycles. The maximum absolute atomic E-state index is 12.0. The summed E-state index contributed by atoms with van der Waals surface area (Å²) in [6.07, 6.45) is 6.09. The van der Waals surface area contributed by atoms with Crippen molar-refractivity contribution < 1.29 is 9.53 Å². The van der Waals surface area contributed by atoms with Gasteiger partial charge in [-0.2, -0.15) is 0 Å².